The number of ether oxygens (including phenoxy) is 1. The number of hydrogen-bond donors (Lipinski definition) is 0. The van der Waals surface area contributed by atoms with Crippen molar-refractivity contribution in [2.45, 2.75) is 38.8 Å². The first-order chi connectivity index (χ1) is 11.9. The van der Waals surface area contributed by atoms with Crippen LogP contribution in [0.1, 0.15) is 36.8 Å². The molecule has 134 valence electrons. The van der Waals surface area contributed by atoms with Crippen molar-refractivity contribution in [2.24, 2.45) is 0 Å². The molecule has 0 amide bonds. The zero-order chi connectivity index (χ0) is 18.0. The molecule has 3 heterocycles. The second kappa shape index (κ2) is 6.92. The monoisotopic (exact) mass is 342 g/mol. The van der Waals surface area contributed by atoms with Gasteiger partial charge in [-0.1, -0.05) is 0 Å². The lowest BCUT2D eigenvalue weighted by molar-refractivity contribution is 0.137. The average molecular weight is 342 g/mol. The first-order valence-electron chi connectivity index (χ1n) is 8.56. The van der Waals surface area contributed by atoms with Gasteiger partial charge in [0, 0.05) is 50.4 Å². The van der Waals surface area contributed by atoms with Gasteiger partial charge in [-0.2, -0.15) is 0 Å². The molecular formula is C18H26N6O. The molecule has 2 aromatic rings. The van der Waals surface area contributed by atoms with E-state index in [1.165, 1.54) is 0 Å². The average Bonchev–Trinajstić information content (AvgIpc) is 2.97. The van der Waals surface area contributed by atoms with Gasteiger partial charge in [0.2, 0.25) is 0 Å². The minimum absolute atomic E-state index is 0.184. The molecule has 7 nitrogen and oxygen atoms in total. The van der Waals surface area contributed by atoms with Crippen molar-refractivity contribution in [3.63, 3.8) is 0 Å². The molecule has 1 aliphatic rings. The molecule has 1 fully saturated rings. The fourth-order valence-electron chi connectivity index (χ4n) is 3.30. The molecule has 1 saturated heterocycles. The molecule has 0 radical (unpaired) electrons. The Balaban J connectivity index is 1.88. The maximum absolute atomic E-state index is 5.04. The Labute approximate surface area is 149 Å². The van der Waals surface area contributed by atoms with E-state index >= 15 is 0 Å². The lowest BCUT2D eigenvalue weighted by Gasteiger charge is -2.34. The summed E-state index contributed by atoms with van der Waals surface area (Å²) in [6.45, 7) is 6.04. The van der Waals surface area contributed by atoms with Crippen LogP contribution >= 0.6 is 0 Å². The van der Waals surface area contributed by atoms with E-state index in [0.717, 1.165) is 48.8 Å². The number of methoxy groups -OCH3 is 1. The molecule has 25 heavy (non-hydrogen) atoms. The Kier molecular flexibility index (Phi) is 4.85. The van der Waals surface area contributed by atoms with Crippen molar-refractivity contribution in [1.29, 1.82) is 0 Å². The van der Waals surface area contributed by atoms with Gasteiger partial charge in [-0.25, -0.2) is 19.9 Å². The van der Waals surface area contributed by atoms with Gasteiger partial charge in [-0.3, -0.25) is 4.90 Å². The summed E-state index contributed by atoms with van der Waals surface area (Å²) in [6, 6.07) is 2.41. The van der Waals surface area contributed by atoms with Crippen LogP contribution in [-0.2, 0) is 12.1 Å². The van der Waals surface area contributed by atoms with Crippen LogP contribution in [0.3, 0.4) is 0 Å². The number of nitrogens with zero attached hydrogens (tertiary/aromatic N) is 6. The molecule has 1 atom stereocenters. The number of likely N-dealkylation sites (tertiary alicyclic amines) is 1. The fraction of sp³-hybridized carbons (Fsp3) is 0.556. The van der Waals surface area contributed by atoms with E-state index in [1.807, 2.05) is 44.4 Å². The van der Waals surface area contributed by atoms with E-state index in [1.54, 1.807) is 7.11 Å². The summed E-state index contributed by atoms with van der Waals surface area (Å²) >= 11 is 0. The molecule has 0 saturated carbocycles. The summed E-state index contributed by atoms with van der Waals surface area (Å²) in [4.78, 5) is 22.5. The zero-order valence-corrected chi connectivity index (χ0v) is 15.7. The highest BCUT2D eigenvalue weighted by Gasteiger charge is 2.41. The minimum Gasteiger partial charge on any atom is -0.467 e. The molecule has 0 aromatic carbocycles. The first kappa shape index (κ1) is 17.5. The maximum Gasteiger partial charge on any atom is 0.316 e. The van der Waals surface area contributed by atoms with Gasteiger partial charge in [0.05, 0.1) is 12.6 Å². The van der Waals surface area contributed by atoms with Gasteiger partial charge in [0.25, 0.3) is 0 Å². The van der Waals surface area contributed by atoms with Crippen LogP contribution < -0.4 is 9.64 Å². The standard InChI is InChI=1S/C18H26N6O/c1-13-9-15(23(3)4)22-16(21-13)18(2)7-6-8-24(18)12-14-10-19-17(25-5)20-11-14/h9-11H,6-8,12H2,1-5H3/t18-/m0/s1. The third-order valence-electron chi connectivity index (χ3n) is 4.81. The van der Waals surface area contributed by atoms with Crippen LogP contribution in [0.25, 0.3) is 0 Å². The number of anilines is 1. The number of hydrogen-bond acceptors (Lipinski definition) is 7. The van der Waals surface area contributed by atoms with E-state index < -0.39 is 0 Å². The highest BCUT2D eigenvalue weighted by Crippen LogP contribution is 2.38. The first-order valence-corrected chi connectivity index (χ1v) is 8.56. The smallest absolute Gasteiger partial charge is 0.316 e. The predicted molar refractivity (Wildman–Crippen MR) is 96.7 cm³/mol. The van der Waals surface area contributed by atoms with Gasteiger partial charge >= 0.3 is 6.01 Å². The summed E-state index contributed by atoms with van der Waals surface area (Å²) in [5.74, 6) is 1.84. The Morgan fingerprint density at radius 2 is 1.96 bits per heavy atom. The van der Waals surface area contributed by atoms with Crippen LogP contribution in [0, 0.1) is 6.92 Å². The van der Waals surface area contributed by atoms with E-state index in [0.29, 0.717) is 6.01 Å². The van der Waals surface area contributed by atoms with Crippen molar-refractivity contribution in [3.8, 4) is 6.01 Å². The third kappa shape index (κ3) is 3.56. The van der Waals surface area contributed by atoms with Gasteiger partial charge < -0.3 is 9.64 Å². The van der Waals surface area contributed by atoms with Crippen molar-refractivity contribution < 1.29 is 4.74 Å². The third-order valence-corrected chi connectivity index (χ3v) is 4.81. The Morgan fingerprint density at radius 1 is 1.24 bits per heavy atom. The Bertz CT molecular complexity index is 733. The van der Waals surface area contributed by atoms with E-state index in [-0.39, 0.29) is 5.54 Å². The fourth-order valence-corrected chi connectivity index (χ4v) is 3.30. The SMILES string of the molecule is COc1ncc(CN2CCC[C@@]2(C)c2nc(C)cc(N(C)C)n2)cn1. The Hall–Kier alpha value is -2.28. The minimum atomic E-state index is -0.184. The van der Waals surface area contributed by atoms with Crippen LogP contribution in [0.15, 0.2) is 18.5 Å². The van der Waals surface area contributed by atoms with Crippen molar-refractivity contribution in [1.82, 2.24) is 24.8 Å². The van der Waals surface area contributed by atoms with Gasteiger partial charge in [-0.15, -0.1) is 0 Å². The molecule has 7 heteroatoms. The molecule has 1 aliphatic heterocycles. The van der Waals surface area contributed by atoms with E-state index in [4.69, 9.17) is 14.7 Å². The van der Waals surface area contributed by atoms with Crippen molar-refractivity contribution in [2.75, 3.05) is 32.6 Å². The molecule has 0 aliphatic carbocycles. The lowest BCUT2D eigenvalue weighted by Crippen LogP contribution is -2.40. The van der Waals surface area contributed by atoms with Crippen LogP contribution in [0.4, 0.5) is 5.82 Å². The number of rotatable bonds is 5. The van der Waals surface area contributed by atoms with Crippen LogP contribution in [-0.4, -0.2) is 52.6 Å². The highest BCUT2D eigenvalue weighted by molar-refractivity contribution is 5.38. The van der Waals surface area contributed by atoms with Crippen LogP contribution in [0.2, 0.25) is 0 Å². The predicted octanol–water partition coefficient (Wildman–Crippen LogP) is 2.16. The van der Waals surface area contributed by atoms with Gasteiger partial charge in [-0.05, 0) is 33.2 Å². The molecule has 0 N–H and O–H groups in total. The summed E-state index contributed by atoms with van der Waals surface area (Å²) < 4.78 is 5.04. The van der Waals surface area contributed by atoms with Crippen LogP contribution in [0.5, 0.6) is 6.01 Å². The summed E-state index contributed by atoms with van der Waals surface area (Å²) in [7, 11) is 5.59. The second-order valence-electron chi connectivity index (χ2n) is 6.96. The molecule has 0 unspecified atom stereocenters. The summed E-state index contributed by atoms with van der Waals surface area (Å²) in [5.41, 5.74) is 1.88. The molecule has 0 bridgehead atoms. The van der Waals surface area contributed by atoms with E-state index in [2.05, 4.69) is 21.8 Å². The molecule has 2 aromatic heterocycles. The second-order valence-corrected chi connectivity index (χ2v) is 6.96. The van der Waals surface area contributed by atoms with Gasteiger partial charge in [0.1, 0.15) is 5.82 Å². The topological polar surface area (TPSA) is 67.3 Å². The molecule has 0 spiro atoms. The molecule has 3 rings (SSSR count). The molecular weight excluding hydrogens is 316 g/mol. The largest absolute Gasteiger partial charge is 0.467 e. The normalized spacial score (nSPS) is 20.7. The summed E-state index contributed by atoms with van der Waals surface area (Å²) in [6.07, 6.45) is 5.82. The number of aryl methyl sites for hydroxylation is 1. The zero-order valence-electron chi connectivity index (χ0n) is 15.7. The maximum atomic E-state index is 5.04. The number of aromatic nitrogens is 4. The van der Waals surface area contributed by atoms with Gasteiger partial charge in [0.15, 0.2) is 5.82 Å². The quantitative estimate of drug-likeness (QED) is 0.825. The highest BCUT2D eigenvalue weighted by atomic mass is 16.5. The van der Waals surface area contributed by atoms with Crippen molar-refractivity contribution in [3.05, 3.63) is 35.5 Å². The van der Waals surface area contributed by atoms with E-state index in [9.17, 15) is 0 Å². The lowest BCUT2D eigenvalue weighted by atomic mass is 9.97. The summed E-state index contributed by atoms with van der Waals surface area (Å²) in [5, 5.41) is 0. The Morgan fingerprint density at radius 3 is 2.60 bits per heavy atom. The van der Waals surface area contributed by atoms with Crippen molar-refractivity contribution >= 4 is 5.82 Å².